The maximum atomic E-state index is 5.97. The summed E-state index contributed by atoms with van der Waals surface area (Å²) in [6.07, 6.45) is 7.19. The molecule has 3 aromatic rings. The quantitative estimate of drug-likeness (QED) is 0.589. The highest BCUT2D eigenvalue weighted by molar-refractivity contribution is 9.10. The SMILES string of the molecule is Clc1ccc(/C(=C/n2ccnc2)NOCc2ccc(Br)cc2)cc1. The molecule has 0 unspecified atom stereocenters. The Bertz CT molecular complexity index is 799. The number of aromatic nitrogens is 2. The highest BCUT2D eigenvalue weighted by Crippen LogP contribution is 2.17. The number of nitrogens with one attached hydrogen (secondary N) is 1. The van der Waals surface area contributed by atoms with Crippen LogP contribution in [0.1, 0.15) is 11.1 Å². The van der Waals surface area contributed by atoms with E-state index in [9.17, 15) is 0 Å². The van der Waals surface area contributed by atoms with Gasteiger partial charge in [-0.15, -0.1) is 0 Å². The first kappa shape index (κ1) is 16.8. The molecule has 1 heterocycles. The maximum absolute atomic E-state index is 5.97. The van der Waals surface area contributed by atoms with Gasteiger partial charge < -0.3 is 4.57 Å². The lowest BCUT2D eigenvalue weighted by Crippen LogP contribution is -2.13. The molecule has 0 atom stereocenters. The normalized spacial score (nSPS) is 11.5. The fourth-order valence-electron chi connectivity index (χ4n) is 2.06. The fraction of sp³-hybridized carbons (Fsp3) is 0.0556. The second-order valence-electron chi connectivity index (χ2n) is 5.08. The lowest BCUT2D eigenvalue weighted by atomic mass is 10.2. The van der Waals surface area contributed by atoms with Crippen molar-refractivity contribution in [3.63, 3.8) is 0 Å². The molecular weight excluding hydrogens is 390 g/mol. The first-order chi connectivity index (χ1) is 11.7. The minimum absolute atomic E-state index is 0.447. The summed E-state index contributed by atoms with van der Waals surface area (Å²) in [4.78, 5) is 9.70. The summed E-state index contributed by atoms with van der Waals surface area (Å²) in [6.45, 7) is 0.447. The van der Waals surface area contributed by atoms with Crippen LogP contribution in [0.5, 0.6) is 0 Å². The second-order valence-corrected chi connectivity index (χ2v) is 6.43. The van der Waals surface area contributed by atoms with Crippen molar-refractivity contribution in [3.8, 4) is 0 Å². The smallest absolute Gasteiger partial charge is 0.0996 e. The van der Waals surface area contributed by atoms with Gasteiger partial charge in [0.05, 0.1) is 18.6 Å². The van der Waals surface area contributed by atoms with Gasteiger partial charge in [0.1, 0.15) is 0 Å². The topological polar surface area (TPSA) is 39.1 Å². The van der Waals surface area contributed by atoms with Gasteiger partial charge in [0.2, 0.25) is 0 Å². The summed E-state index contributed by atoms with van der Waals surface area (Å²) in [7, 11) is 0. The fourth-order valence-corrected chi connectivity index (χ4v) is 2.45. The maximum Gasteiger partial charge on any atom is 0.0996 e. The molecule has 0 amide bonds. The third kappa shape index (κ3) is 4.71. The van der Waals surface area contributed by atoms with Crippen molar-refractivity contribution in [2.24, 2.45) is 0 Å². The van der Waals surface area contributed by atoms with Gasteiger partial charge in [-0.2, -0.15) is 0 Å². The highest BCUT2D eigenvalue weighted by atomic mass is 79.9. The number of benzene rings is 2. The molecular formula is C18H15BrClN3O. The predicted octanol–water partition coefficient (Wildman–Crippen LogP) is 4.98. The van der Waals surface area contributed by atoms with Crippen LogP contribution in [-0.4, -0.2) is 9.55 Å². The molecule has 0 aliphatic rings. The van der Waals surface area contributed by atoms with Crippen molar-refractivity contribution in [1.29, 1.82) is 0 Å². The number of hydrogen-bond acceptors (Lipinski definition) is 3. The Balaban J connectivity index is 1.72. The molecule has 0 spiro atoms. The van der Waals surface area contributed by atoms with Gasteiger partial charge in [-0.05, 0) is 29.8 Å². The molecule has 0 fully saturated rings. The molecule has 4 nitrogen and oxygen atoms in total. The standard InChI is InChI=1S/C18H15BrClN3O/c19-16-5-1-14(2-6-16)12-24-22-18(11-23-10-9-21-13-23)15-3-7-17(20)8-4-15/h1-11,13,22H,12H2/b18-11-. The van der Waals surface area contributed by atoms with Crippen molar-refractivity contribution < 1.29 is 4.84 Å². The van der Waals surface area contributed by atoms with Crippen LogP contribution < -0.4 is 5.48 Å². The van der Waals surface area contributed by atoms with Crippen LogP contribution in [0.2, 0.25) is 5.02 Å². The summed E-state index contributed by atoms with van der Waals surface area (Å²) in [5.74, 6) is 0. The Labute approximate surface area is 153 Å². The molecule has 0 radical (unpaired) electrons. The number of nitrogens with zero attached hydrogens (tertiary/aromatic N) is 2. The number of rotatable bonds is 6. The lowest BCUT2D eigenvalue weighted by Gasteiger charge is -2.12. The Morgan fingerprint density at radius 3 is 2.58 bits per heavy atom. The zero-order chi connectivity index (χ0) is 16.8. The van der Waals surface area contributed by atoms with Crippen LogP contribution in [0, 0.1) is 0 Å². The minimum Gasteiger partial charge on any atom is -0.311 e. The van der Waals surface area contributed by atoms with Gasteiger partial charge in [0.15, 0.2) is 0 Å². The van der Waals surface area contributed by atoms with Crippen LogP contribution >= 0.6 is 27.5 Å². The molecule has 1 N–H and O–H groups in total. The van der Waals surface area contributed by atoms with Gasteiger partial charge in [0.25, 0.3) is 0 Å². The van der Waals surface area contributed by atoms with E-state index in [2.05, 4.69) is 26.4 Å². The Kier molecular flexibility index (Phi) is 5.69. The zero-order valence-electron chi connectivity index (χ0n) is 12.7. The van der Waals surface area contributed by atoms with Crippen molar-refractivity contribution in [1.82, 2.24) is 15.0 Å². The molecule has 122 valence electrons. The molecule has 0 aliphatic carbocycles. The Morgan fingerprint density at radius 1 is 1.17 bits per heavy atom. The third-order valence-corrected chi connectivity index (χ3v) is 4.07. The Morgan fingerprint density at radius 2 is 1.92 bits per heavy atom. The highest BCUT2D eigenvalue weighted by Gasteiger charge is 2.03. The van der Waals surface area contributed by atoms with Gasteiger partial charge in [0, 0.05) is 33.7 Å². The molecule has 3 rings (SSSR count). The predicted molar refractivity (Wildman–Crippen MR) is 99.9 cm³/mol. The summed E-state index contributed by atoms with van der Waals surface area (Å²) in [6, 6.07) is 15.5. The second kappa shape index (κ2) is 8.15. The van der Waals surface area contributed by atoms with E-state index in [1.54, 1.807) is 12.5 Å². The first-order valence-electron chi connectivity index (χ1n) is 7.28. The van der Waals surface area contributed by atoms with Crippen LogP contribution in [0.4, 0.5) is 0 Å². The van der Waals surface area contributed by atoms with Crippen LogP contribution in [0.3, 0.4) is 0 Å². The molecule has 2 aromatic carbocycles. The largest absolute Gasteiger partial charge is 0.311 e. The zero-order valence-corrected chi connectivity index (χ0v) is 15.0. The van der Waals surface area contributed by atoms with E-state index in [0.717, 1.165) is 21.3 Å². The van der Waals surface area contributed by atoms with Crippen molar-refractivity contribution >= 4 is 39.4 Å². The summed E-state index contributed by atoms with van der Waals surface area (Å²) >= 11 is 9.39. The lowest BCUT2D eigenvalue weighted by molar-refractivity contribution is 0.0649. The van der Waals surface area contributed by atoms with Crippen LogP contribution in [0.15, 0.2) is 71.7 Å². The summed E-state index contributed by atoms with van der Waals surface area (Å²) in [5, 5.41) is 0.691. The average Bonchev–Trinajstić information content (AvgIpc) is 3.10. The van der Waals surface area contributed by atoms with E-state index in [0.29, 0.717) is 11.6 Å². The number of halogens is 2. The van der Waals surface area contributed by atoms with Crippen molar-refractivity contribution in [2.75, 3.05) is 0 Å². The van der Waals surface area contributed by atoms with Crippen molar-refractivity contribution in [3.05, 3.63) is 87.9 Å². The van der Waals surface area contributed by atoms with Crippen LogP contribution in [-0.2, 0) is 11.4 Å². The van der Waals surface area contributed by atoms with Gasteiger partial charge in [-0.1, -0.05) is 51.8 Å². The van der Waals surface area contributed by atoms with Crippen LogP contribution in [0.25, 0.3) is 11.9 Å². The van der Waals surface area contributed by atoms with Gasteiger partial charge in [-0.25, -0.2) is 4.98 Å². The van der Waals surface area contributed by atoms with E-state index < -0.39 is 0 Å². The van der Waals surface area contributed by atoms with E-state index in [4.69, 9.17) is 16.4 Å². The molecule has 0 bridgehead atoms. The van der Waals surface area contributed by atoms with E-state index in [-0.39, 0.29) is 0 Å². The summed E-state index contributed by atoms with van der Waals surface area (Å²) < 4.78 is 2.89. The number of hydrogen-bond donors (Lipinski definition) is 1. The van der Waals surface area contributed by atoms with E-state index in [1.807, 2.05) is 65.5 Å². The molecule has 0 saturated heterocycles. The van der Waals surface area contributed by atoms with E-state index in [1.165, 1.54) is 0 Å². The molecule has 1 aromatic heterocycles. The third-order valence-electron chi connectivity index (χ3n) is 3.29. The Hall–Kier alpha value is -2.08. The average molecular weight is 405 g/mol. The van der Waals surface area contributed by atoms with Gasteiger partial charge in [-0.3, -0.25) is 10.3 Å². The molecule has 0 aliphatic heterocycles. The molecule has 6 heteroatoms. The number of hydroxylamine groups is 1. The van der Waals surface area contributed by atoms with E-state index >= 15 is 0 Å². The minimum atomic E-state index is 0.447. The molecule has 24 heavy (non-hydrogen) atoms. The summed E-state index contributed by atoms with van der Waals surface area (Å²) in [5.41, 5.74) is 5.86. The monoisotopic (exact) mass is 403 g/mol. The van der Waals surface area contributed by atoms with Gasteiger partial charge >= 0.3 is 0 Å². The number of imidazole rings is 1. The first-order valence-corrected chi connectivity index (χ1v) is 8.45. The molecule has 0 saturated carbocycles. The van der Waals surface area contributed by atoms with Crippen molar-refractivity contribution in [2.45, 2.75) is 6.61 Å².